The van der Waals surface area contributed by atoms with Gasteiger partial charge in [0.1, 0.15) is 11.4 Å². The van der Waals surface area contributed by atoms with Crippen molar-refractivity contribution in [2.24, 2.45) is 0 Å². The Hall–Kier alpha value is -3.55. The highest BCUT2D eigenvalue weighted by atomic mass is 19.4. The highest BCUT2D eigenvalue weighted by Gasteiger charge is 2.30. The van der Waals surface area contributed by atoms with Gasteiger partial charge in [0.25, 0.3) is 0 Å². The lowest BCUT2D eigenvalue weighted by atomic mass is 9.84. The van der Waals surface area contributed by atoms with Crippen molar-refractivity contribution in [2.45, 2.75) is 44.2 Å². The average molecular weight is 455 g/mol. The molecule has 1 heterocycles. The lowest BCUT2D eigenvalue weighted by molar-refractivity contribution is -0.137. The molecule has 33 heavy (non-hydrogen) atoms. The number of rotatable bonds is 5. The van der Waals surface area contributed by atoms with E-state index < -0.39 is 17.8 Å². The molecular formula is C25H24F3N3O2. The summed E-state index contributed by atoms with van der Waals surface area (Å²) in [6, 6.07) is 14.9. The quantitative estimate of drug-likeness (QED) is 0.417. The number of hydrogen-bond acceptors (Lipinski definition) is 3. The molecule has 4 rings (SSSR count). The molecule has 0 aliphatic heterocycles. The number of aromatic nitrogens is 1. The standard InChI is InChI=1S/C25H24F3N3O2/c26-25(27,28)19-8-4-9-21(16-19)33-23-22(10-5-15-29-23)31-24(32)30-20-13-11-18(12-14-20)17-6-2-1-3-7-17/h4-5,8-17H,1-3,6-7H2,(H2,30,31,32). The van der Waals surface area contributed by atoms with Crippen molar-refractivity contribution in [3.63, 3.8) is 0 Å². The van der Waals surface area contributed by atoms with Gasteiger partial charge >= 0.3 is 12.2 Å². The van der Waals surface area contributed by atoms with E-state index in [2.05, 4.69) is 15.6 Å². The van der Waals surface area contributed by atoms with E-state index >= 15 is 0 Å². The summed E-state index contributed by atoms with van der Waals surface area (Å²) in [5.41, 5.74) is 1.31. The molecule has 0 saturated heterocycles. The van der Waals surface area contributed by atoms with Crippen molar-refractivity contribution in [3.8, 4) is 11.6 Å². The fourth-order valence-corrected chi connectivity index (χ4v) is 3.97. The van der Waals surface area contributed by atoms with Crippen molar-refractivity contribution >= 4 is 17.4 Å². The maximum Gasteiger partial charge on any atom is 0.416 e. The van der Waals surface area contributed by atoms with Gasteiger partial charge in [-0.05, 0) is 66.8 Å². The van der Waals surface area contributed by atoms with E-state index in [-0.39, 0.29) is 17.3 Å². The number of alkyl halides is 3. The first kappa shape index (κ1) is 22.6. The Kier molecular flexibility index (Phi) is 6.82. The van der Waals surface area contributed by atoms with Gasteiger partial charge in [-0.15, -0.1) is 0 Å². The summed E-state index contributed by atoms with van der Waals surface area (Å²) >= 11 is 0. The first-order valence-corrected chi connectivity index (χ1v) is 10.9. The van der Waals surface area contributed by atoms with Gasteiger partial charge < -0.3 is 15.4 Å². The Labute approximate surface area is 190 Å². The molecule has 2 aromatic carbocycles. The van der Waals surface area contributed by atoms with Gasteiger partial charge in [-0.25, -0.2) is 9.78 Å². The molecule has 0 bridgehead atoms. The summed E-state index contributed by atoms with van der Waals surface area (Å²) < 4.78 is 44.4. The summed E-state index contributed by atoms with van der Waals surface area (Å²) in [6.45, 7) is 0. The SMILES string of the molecule is O=C(Nc1ccc(C2CCCCC2)cc1)Nc1cccnc1Oc1cccc(C(F)(F)F)c1. The third-order valence-electron chi connectivity index (χ3n) is 5.64. The fourth-order valence-electron chi connectivity index (χ4n) is 3.97. The Morgan fingerprint density at radius 3 is 2.42 bits per heavy atom. The number of halogens is 3. The second-order valence-electron chi connectivity index (χ2n) is 8.02. The molecule has 0 unspecified atom stereocenters. The predicted octanol–water partition coefficient (Wildman–Crippen LogP) is 7.58. The van der Waals surface area contributed by atoms with Crippen LogP contribution in [0.3, 0.4) is 0 Å². The normalized spacial score (nSPS) is 14.5. The Morgan fingerprint density at radius 1 is 0.939 bits per heavy atom. The van der Waals surface area contributed by atoms with Gasteiger partial charge in [0.05, 0.1) is 5.56 Å². The molecule has 0 radical (unpaired) electrons. The molecule has 1 aliphatic rings. The smallest absolute Gasteiger partial charge is 0.416 e. The molecule has 1 fully saturated rings. The van der Waals surface area contributed by atoms with E-state index in [0.717, 1.165) is 12.1 Å². The number of pyridine rings is 1. The van der Waals surface area contributed by atoms with Crippen LogP contribution in [0.1, 0.15) is 49.1 Å². The number of carbonyl (C=O) groups excluding carboxylic acids is 1. The predicted molar refractivity (Wildman–Crippen MR) is 121 cm³/mol. The van der Waals surface area contributed by atoms with Crippen molar-refractivity contribution in [1.82, 2.24) is 4.98 Å². The lowest BCUT2D eigenvalue weighted by Gasteiger charge is -2.22. The maximum absolute atomic E-state index is 13.0. The Bertz CT molecular complexity index is 1090. The number of ether oxygens (including phenoxy) is 1. The molecule has 2 N–H and O–H groups in total. The highest BCUT2D eigenvalue weighted by Crippen LogP contribution is 2.34. The van der Waals surface area contributed by atoms with Crippen molar-refractivity contribution in [1.29, 1.82) is 0 Å². The molecule has 0 spiro atoms. The van der Waals surface area contributed by atoms with Crippen LogP contribution in [0.25, 0.3) is 0 Å². The van der Waals surface area contributed by atoms with Gasteiger partial charge in [0.2, 0.25) is 5.88 Å². The Morgan fingerprint density at radius 2 is 1.70 bits per heavy atom. The maximum atomic E-state index is 13.0. The summed E-state index contributed by atoms with van der Waals surface area (Å²) in [7, 11) is 0. The zero-order chi connectivity index (χ0) is 23.3. The second kappa shape index (κ2) is 9.94. The number of nitrogens with zero attached hydrogens (tertiary/aromatic N) is 1. The summed E-state index contributed by atoms with van der Waals surface area (Å²) in [6.07, 6.45) is 3.13. The average Bonchev–Trinajstić information content (AvgIpc) is 2.81. The third-order valence-corrected chi connectivity index (χ3v) is 5.64. The van der Waals surface area contributed by atoms with Crippen LogP contribution in [0, 0.1) is 0 Å². The van der Waals surface area contributed by atoms with Crippen LogP contribution < -0.4 is 15.4 Å². The van der Waals surface area contributed by atoms with E-state index in [1.807, 2.05) is 24.3 Å². The van der Waals surface area contributed by atoms with E-state index in [4.69, 9.17) is 4.74 Å². The fraction of sp³-hybridized carbons (Fsp3) is 0.280. The molecule has 1 saturated carbocycles. The van der Waals surface area contributed by atoms with Gasteiger partial charge in [0.15, 0.2) is 0 Å². The summed E-state index contributed by atoms with van der Waals surface area (Å²) in [4.78, 5) is 16.5. The van der Waals surface area contributed by atoms with Gasteiger partial charge in [-0.2, -0.15) is 13.2 Å². The van der Waals surface area contributed by atoms with Crippen LogP contribution in [-0.4, -0.2) is 11.0 Å². The van der Waals surface area contributed by atoms with Crippen molar-refractivity contribution < 1.29 is 22.7 Å². The monoisotopic (exact) mass is 455 g/mol. The number of amides is 2. The molecule has 2 amide bonds. The number of benzene rings is 2. The van der Waals surface area contributed by atoms with Crippen LogP contribution in [0.2, 0.25) is 0 Å². The van der Waals surface area contributed by atoms with Gasteiger partial charge in [-0.1, -0.05) is 37.5 Å². The first-order valence-electron chi connectivity index (χ1n) is 10.9. The Balaban J connectivity index is 1.41. The number of hydrogen-bond donors (Lipinski definition) is 2. The molecule has 1 aliphatic carbocycles. The van der Waals surface area contributed by atoms with Gasteiger partial charge in [0, 0.05) is 11.9 Å². The highest BCUT2D eigenvalue weighted by molar-refractivity contribution is 6.00. The molecule has 172 valence electrons. The minimum Gasteiger partial charge on any atom is -0.437 e. The van der Waals surface area contributed by atoms with E-state index in [0.29, 0.717) is 11.6 Å². The van der Waals surface area contributed by atoms with E-state index in [9.17, 15) is 18.0 Å². The lowest BCUT2D eigenvalue weighted by Crippen LogP contribution is -2.20. The summed E-state index contributed by atoms with van der Waals surface area (Å²) in [5, 5.41) is 5.40. The number of urea groups is 1. The van der Waals surface area contributed by atoms with Crippen molar-refractivity contribution in [3.05, 3.63) is 78.0 Å². The molecule has 0 atom stereocenters. The van der Waals surface area contributed by atoms with Crippen LogP contribution in [0.4, 0.5) is 29.3 Å². The minimum absolute atomic E-state index is 0.0142. The largest absolute Gasteiger partial charge is 0.437 e. The molecule has 5 nitrogen and oxygen atoms in total. The molecular weight excluding hydrogens is 431 g/mol. The molecule has 1 aromatic heterocycles. The van der Waals surface area contributed by atoms with Gasteiger partial charge in [-0.3, -0.25) is 0 Å². The number of anilines is 2. The zero-order valence-electron chi connectivity index (χ0n) is 17.9. The minimum atomic E-state index is -4.49. The van der Waals surface area contributed by atoms with E-state index in [1.165, 1.54) is 56.0 Å². The van der Waals surface area contributed by atoms with Crippen LogP contribution in [0.5, 0.6) is 11.6 Å². The number of carbonyl (C=O) groups is 1. The van der Waals surface area contributed by atoms with Crippen LogP contribution in [-0.2, 0) is 6.18 Å². The van der Waals surface area contributed by atoms with Crippen LogP contribution in [0.15, 0.2) is 66.9 Å². The third kappa shape index (κ3) is 6.03. The van der Waals surface area contributed by atoms with E-state index in [1.54, 1.807) is 12.1 Å². The first-order chi connectivity index (χ1) is 15.9. The van der Waals surface area contributed by atoms with Crippen molar-refractivity contribution in [2.75, 3.05) is 10.6 Å². The molecule has 3 aromatic rings. The number of nitrogens with one attached hydrogen (secondary N) is 2. The topological polar surface area (TPSA) is 63.2 Å². The zero-order valence-corrected chi connectivity index (χ0v) is 17.9. The second-order valence-corrected chi connectivity index (χ2v) is 8.02. The van der Waals surface area contributed by atoms with Crippen LogP contribution >= 0.6 is 0 Å². The molecule has 8 heteroatoms. The summed E-state index contributed by atoms with van der Waals surface area (Å²) in [5.74, 6) is 0.525.